The molecule has 1 aromatic carbocycles. The predicted octanol–water partition coefficient (Wildman–Crippen LogP) is 1.72. The number of carbonyl (C=O) groups excluding carboxylic acids is 1. The molecule has 1 heterocycles. The van der Waals surface area contributed by atoms with Gasteiger partial charge in [0, 0.05) is 5.57 Å². The molecule has 0 amide bonds. The molecule has 1 atom stereocenters. The molecule has 0 N–H and O–H groups in total. The summed E-state index contributed by atoms with van der Waals surface area (Å²) in [5.74, 6) is -1.27. The van der Waals surface area contributed by atoms with Gasteiger partial charge in [-0.3, -0.25) is 0 Å². The lowest BCUT2D eigenvalue weighted by Gasteiger charge is -2.01. The van der Waals surface area contributed by atoms with E-state index in [0.29, 0.717) is 5.57 Å². The van der Waals surface area contributed by atoms with Crippen molar-refractivity contribution in [2.75, 3.05) is 0 Å². The third-order valence-corrected chi connectivity index (χ3v) is 2.08. The smallest absolute Gasteiger partial charge is 0.332 e. The largest absolute Gasteiger partial charge is 0.433 e. The van der Waals surface area contributed by atoms with Crippen molar-refractivity contribution < 1.29 is 9.53 Å². The van der Waals surface area contributed by atoms with Gasteiger partial charge in [-0.2, -0.15) is 5.26 Å². The highest BCUT2D eigenvalue weighted by atomic mass is 16.5. The molecule has 14 heavy (non-hydrogen) atoms. The number of hydrogen-bond donors (Lipinski definition) is 0. The molecule has 0 saturated heterocycles. The van der Waals surface area contributed by atoms with E-state index in [2.05, 4.69) is 0 Å². The lowest BCUT2D eigenvalue weighted by atomic mass is 9.96. The maximum atomic E-state index is 11.1. The van der Waals surface area contributed by atoms with Gasteiger partial charge in [0.2, 0.25) is 0 Å². The standard InChI is InChI=1S/C11H7NO2/c12-6-9-10(7-14-11(9)13)8-4-2-1-3-5-8/h1-5,7,9H. The van der Waals surface area contributed by atoms with Crippen LogP contribution in [0.1, 0.15) is 5.56 Å². The molecule has 0 spiro atoms. The number of benzene rings is 1. The summed E-state index contributed by atoms with van der Waals surface area (Å²) in [6.45, 7) is 0. The van der Waals surface area contributed by atoms with Crippen LogP contribution in [0.25, 0.3) is 5.57 Å². The first-order valence-electron chi connectivity index (χ1n) is 4.18. The summed E-state index contributed by atoms with van der Waals surface area (Å²) in [5, 5.41) is 8.78. The van der Waals surface area contributed by atoms with Crippen LogP contribution in [0.3, 0.4) is 0 Å². The number of esters is 1. The zero-order chi connectivity index (χ0) is 9.97. The fourth-order valence-corrected chi connectivity index (χ4v) is 1.37. The summed E-state index contributed by atoms with van der Waals surface area (Å²) >= 11 is 0. The van der Waals surface area contributed by atoms with Crippen LogP contribution in [-0.2, 0) is 9.53 Å². The van der Waals surface area contributed by atoms with Crippen molar-refractivity contribution in [1.82, 2.24) is 0 Å². The Balaban J connectivity index is 2.38. The van der Waals surface area contributed by atoms with Crippen LogP contribution in [0.15, 0.2) is 36.6 Å². The van der Waals surface area contributed by atoms with E-state index in [4.69, 9.17) is 10.00 Å². The number of carbonyl (C=O) groups is 1. The summed E-state index contributed by atoms with van der Waals surface area (Å²) in [4.78, 5) is 11.1. The molecule has 1 aliphatic heterocycles. The molecular formula is C11H7NO2. The second-order valence-electron chi connectivity index (χ2n) is 2.94. The molecule has 2 rings (SSSR count). The SMILES string of the molecule is N#CC1C(=O)OC=C1c1ccccc1. The van der Waals surface area contributed by atoms with Crippen LogP contribution in [0.2, 0.25) is 0 Å². The maximum absolute atomic E-state index is 11.1. The number of nitriles is 1. The maximum Gasteiger partial charge on any atom is 0.332 e. The van der Waals surface area contributed by atoms with Crippen LogP contribution in [0.5, 0.6) is 0 Å². The lowest BCUT2D eigenvalue weighted by molar-refractivity contribution is -0.137. The number of nitrogens with zero attached hydrogens (tertiary/aromatic N) is 1. The fraction of sp³-hybridized carbons (Fsp3) is 0.0909. The highest BCUT2D eigenvalue weighted by Gasteiger charge is 2.30. The van der Waals surface area contributed by atoms with Gasteiger partial charge in [0.05, 0.1) is 6.07 Å². The quantitative estimate of drug-likeness (QED) is 0.626. The third kappa shape index (κ3) is 1.27. The Morgan fingerprint density at radius 3 is 2.64 bits per heavy atom. The summed E-state index contributed by atoms with van der Waals surface area (Å²) in [5.41, 5.74) is 1.49. The number of hydrogen-bond acceptors (Lipinski definition) is 3. The van der Waals surface area contributed by atoms with Crippen molar-refractivity contribution in [3.05, 3.63) is 42.2 Å². The van der Waals surface area contributed by atoms with Gasteiger partial charge in [0.25, 0.3) is 0 Å². The zero-order valence-electron chi connectivity index (χ0n) is 7.31. The van der Waals surface area contributed by atoms with E-state index in [1.54, 1.807) is 0 Å². The minimum absolute atomic E-state index is 0.494. The minimum Gasteiger partial charge on any atom is -0.433 e. The van der Waals surface area contributed by atoms with Crippen LogP contribution < -0.4 is 0 Å². The molecule has 1 aliphatic rings. The second-order valence-corrected chi connectivity index (χ2v) is 2.94. The zero-order valence-corrected chi connectivity index (χ0v) is 7.31. The van der Waals surface area contributed by atoms with E-state index < -0.39 is 11.9 Å². The summed E-state index contributed by atoms with van der Waals surface area (Å²) < 4.78 is 4.70. The average molecular weight is 185 g/mol. The van der Waals surface area contributed by atoms with Crippen molar-refractivity contribution in [3.63, 3.8) is 0 Å². The van der Waals surface area contributed by atoms with Gasteiger partial charge in [0.1, 0.15) is 6.26 Å². The first kappa shape index (κ1) is 8.52. The normalized spacial score (nSPS) is 19.8. The Labute approximate surface area is 81.2 Å². The van der Waals surface area contributed by atoms with Crippen molar-refractivity contribution in [1.29, 1.82) is 5.26 Å². The molecule has 0 bridgehead atoms. The molecule has 3 nitrogen and oxygen atoms in total. The highest BCUT2D eigenvalue weighted by molar-refractivity contribution is 5.95. The average Bonchev–Trinajstić information content (AvgIpc) is 2.61. The molecule has 0 fully saturated rings. The van der Waals surface area contributed by atoms with E-state index in [1.807, 2.05) is 36.4 Å². The molecular weight excluding hydrogens is 178 g/mol. The molecule has 0 saturated carbocycles. The van der Waals surface area contributed by atoms with E-state index in [1.165, 1.54) is 6.26 Å². The second kappa shape index (κ2) is 3.35. The molecule has 1 unspecified atom stereocenters. The monoisotopic (exact) mass is 185 g/mol. The molecule has 0 radical (unpaired) electrons. The predicted molar refractivity (Wildman–Crippen MR) is 49.6 cm³/mol. The number of rotatable bonds is 1. The van der Waals surface area contributed by atoms with Crippen LogP contribution >= 0.6 is 0 Å². The molecule has 3 heteroatoms. The summed E-state index contributed by atoms with van der Waals surface area (Å²) in [6.07, 6.45) is 1.35. The van der Waals surface area contributed by atoms with Gasteiger partial charge in [0.15, 0.2) is 5.92 Å². The van der Waals surface area contributed by atoms with Gasteiger partial charge in [-0.1, -0.05) is 30.3 Å². The van der Waals surface area contributed by atoms with Crippen LogP contribution in [0.4, 0.5) is 0 Å². The van der Waals surface area contributed by atoms with Crippen molar-refractivity contribution >= 4 is 11.5 Å². The number of ether oxygens (including phenoxy) is 1. The first-order valence-corrected chi connectivity index (χ1v) is 4.18. The van der Waals surface area contributed by atoms with Gasteiger partial charge in [-0.25, -0.2) is 4.79 Å². The Bertz CT molecular complexity index is 428. The van der Waals surface area contributed by atoms with E-state index in [-0.39, 0.29) is 0 Å². The first-order chi connectivity index (χ1) is 6.83. The van der Waals surface area contributed by atoms with E-state index >= 15 is 0 Å². The Morgan fingerprint density at radius 2 is 2.00 bits per heavy atom. The van der Waals surface area contributed by atoms with Crippen LogP contribution in [-0.4, -0.2) is 5.97 Å². The van der Waals surface area contributed by atoms with Gasteiger partial charge >= 0.3 is 5.97 Å². The Morgan fingerprint density at radius 1 is 1.29 bits per heavy atom. The molecule has 68 valence electrons. The molecule has 0 aliphatic carbocycles. The van der Waals surface area contributed by atoms with E-state index in [0.717, 1.165) is 5.56 Å². The van der Waals surface area contributed by atoms with Gasteiger partial charge in [-0.15, -0.1) is 0 Å². The lowest BCUT2D eigenvalue weighted by Crippen LogP contribution is -2.08. The van der Waals surface area contributed by atoms with Crippen molar-refractivity contribution in [2.24, 2.45) is 5.92 Å². The van der Waals surface area contributed by atoms with Gasteiger partial charge < -0.3 is 4.74 Å². The fourth-order valence-electron chi connectivity index (χ4n) is 1.37. The van der Waals surface area contributed by atoms with Crippen LogP contribution in [0, 0.1) is 17.2 Å². The third-order valence-electron chi connectivity index (χ3n) is 2.08. The highest BCUT2D eigenvalue weighted by Crippen LogP contribution is 2.28. The van der Waals surface area contributed by atoms with Gasteiger partial charge in [-0.05, 0) is 5.56 Å². The summed E-state index contributed by atoms with van der Waals surface area (Å²) in [7, 11) is 0. The Kier molecular flexibility index (Phi) is 2.04. The minimum atomic E-state index is -0.780. The van der Waals surface area contributed by atoms with E-state index in [9.17, 15) is 4.79 Å². The topological polar surface area (TPSA) is 50.1 Å². The molecule has 1 aromatic rings. The summed E-state index contributed by atoms with van der Waals surface area (Å²) in [6, 6.07) is 11.2. The number of cyclic esters (lactones) is 1. The Hall–Kier alpha value is -2.08. The molecule has 0 aromatic heterocycles. The van der Waals surface area contributed by atoms with Crippen molar-refractivity contribution in [2.45, 2.75) is 0 Å². The van der Waals surface area contributed by atoms with Crippen molar-refractivity contribution in [3.8, 4) is 6.07 Å².